The summed E-state index contributed by atoms with van der Waals surface area (Å²) in [6.45, 7) is 1.63. The van der Waals surface area contributed by atoms with Gasteiger partial charge in [0.05, 0.1) is 18.1 Å². The molecule has 0 aliphatic rings. The van der Waals surface area contributed by atoms with Crippen LogP contribution in [0.1, 0.15) is 5.56 Å². The first-order chi connectivity index (χ1) is 9.65. The lowest BCUT2D eigenvalue weighted by Crippen LogP contribution is -2.36. The van der Waals surface area contributed by atoms with Crippen molar-refractivity contribution in [3.8, 4) is 0 Å². The third-order valence-electron chi connectivity index (χ3n) is 2.67. The summed E-state index contributed by atoms with van der Waals surface area (Å²) in [5.74, 6) is -0.121. The molecule has 0 atom stereocenters. The second kappa shape index (κ2) is 9.00. The lowest BCUT2D eigenvalue weighted by Gasteiger charge is -2.06. The van der Waals surface area contributed by atoms with E-state index in [1.165, 1.54) is 6.07 Å². The number of ether oxygens (including phenoxy) is 1. The van der Waals surface area contributed by atoms with Gasteiger partial charge in [-0.3, -0.25) is 14.9 Å². The van der Waals surface area contributed by atoms with Crippen LogP contribution in [0.5, 0.6) is 0 Å². The molecule has 2 N–H and O–H groups in total. The Kier molecular flexibility index (Phi) is 7.23. The molecule has 0 unspecified atom stereocenters. The van der Waals surface area contributed by atoms with Crippen molar-refractivity contribution in [1.82, 2.24) is 10.6 Å². The molecule has 0 spiro atoms. The Morgan fingerprint density at radius 3 is 2.80 bits per heavy atom. The largest absolute Gasteiger partial charge is 0.383 e. The Morgan fingerprint density at radius 1 is 1.35 bits per heavy atom. The highest BCUT2D eigenvalue weighted by Crippen LogP contribution is 2.17. The van der Waals surface area contributed by atoms with E-state index in [2.05, 4.69) is 10.6 Å². The molecule has 20 heavy (non-hydrogen) atoms. The molecular weight excluding hydrogens is 262 g/mol. The molecule has 0 fully saturated rings. The van der Waals surface area contributed by atoms with Crippen LogP contribution in [0.3, 0.4) is 0 Å². The molecule has 0 saturated heterocycles. The van der Waals surface area contributed by atoms with E-state index in [9.17, 15) is 14.9 Å². The predicted molar refractivity (Wildman–Crippen MR) is 74.6 cm³/mol. The van der Waals surface area contributed by atoms with Crippen molar-refractivity contribution in [3.05, 3.63) is 39.9 Å². The van der Waals surface area contributed by atoms with Gasteiger partial charge in [-0.25, -0.2) is 0 Å². The van der Waals surface area contributed by atoms with E-state index in [4.69, 9.17) is 4.74 Å². The Labute approximate surface area is 117 Å². The molecule has 0 radical (unpaired) electrons. The number of carbonyl (C=O) groups is 1. The fraction of sp³-hybridized carbons (Fsp3) is 0.462. The molecule has 0 saturated carbocycles. The van der Waals surface area contributed by atoms with Gasteiger partial charge < -0.3 is 15.4 Å². The molecule has 0 aromatic heterocycles. The number of benzene rings is 1. The van der Waals surface area contributed by atoms with Crippen LogP contribution >= 0.6 is 0 Å². The van der Waals surface area contributed by atoms with Gasteiger partial charge in [0.25, 0.3) is 5.69 Å². The lowest BCUT2D eigenvalue weighted by molar-refractivity contribution is -0.385. The number of methoxy groups -OCH3 is 1. The Balaban J connectivity index is 2.28. The zero-order valence-electron chi connectivity index (χ0n) is 11.4. The van der Waals surface area contributed by atoms with Crippen LogP contribution in [0.2, 0.25) is 0 Å². The number of nitrogens with zero attached hydrogens (tertiary/aromatic N) is 1. The summed E-state index contributed by atoms with van der Waals surface area (Å²) >= 11 is 0. The topological polar surface area (TPSA) is 93.5 Å². The van der Waals surface area contributed by atoms with Crippen molar-refractivity contribution in [2.45, 2.75) is 6.42 Å². The normalized spacial score (nSPS) is 10.2. The van der Waals surface area contributed by atoms with Crippen molar-refractivity contribution in [2.75, 3.05) is 33.4 Å². The molecule has 1 aromatic rings. The van der Waals surface area contributed by atoms with Gasteiger partial charge in [0.15, 0.2) is 0 Å². The van der Waals surface area contributed by atoms with Gasteiger partial charge in [-0.1, -0.05) is 18.2 Å². The Hall–Kier alpha value is -1.99. The number of carbonyl (C=O) groups excluding carboxylic acids is 1. The first kappa shape index (κ1) is 16.1. The summed E-state index contributed by atoms with van der Waals surface area (Å²) in [4.78, 5) is 21.8. The maximum Gasteiger partial charge on any atom is 0.272 e. The molecule has 1 rings (SSSR count). The van der Waals surface area contributed by atoms with Gasteiger partial charge in [0.2, 0.25) is 5.91 Å². The number of nitrogens with one attached hydrogen (secondary N) is 2. The van der Waals surface area contributed by atoms with Crippen molar-refractivity contribution in [1.29, 1.82) is 0 Å². The van der Waals surface area contributed by atoms with Crippen molar-refractivity contribution < 1.29 is 14.5 Å². The first-order valence-electron chi connectivity index (χ1n) is 6.33. The standard InChI is InChI=1S/C13H19N3O4/c1-20-9-8-15-13(17)10-14-7-6-11-4-2-3-5-12(11)16(18)19/h2-5,14H,6-10H2,1H3,(H,15,17). The Morgan fingerprint density at radius 2 is 2.10 bits per heavy atom. The van der Waals surface area contributed by atoms with Crippen molar-refractivity contribution >= 4 is 11.6 Å². The van der Waals surface area contributed by atoms with Crippen LogP contribution in [0.4, 0.5) is 5.69 Å². The number of nitro groups is 1. The SMILES string of the molecule is COCCNC(=O)CNCCc1ccccc1[N+](=O)[O-]. The van der Waals surface area contributed by atoms with E-state index in [-0.39, 0.29) is 18.1 Å². The number of nitro benzene ring substituents is 1. The van der Waals surface area contributed by atoms with Crippen molar-refractivity contribution in [2.24, 2.45) is 0 Å². The average molecular weight is 281 g/mol. The number of hydrogen-bond donors (Lipinski definition) is 2. The molecule has 0 heterocycles. The van der Waals surface area contributed by atoms with E-state index in [1.807, 2.05) is 0 Å². The minimum Gasteiger partial charge on any atom is -0.383 e. The molecular formula is C13H19N3O4. The van der Waals surface area contributed by atoms with Gasteiger partial charge in [0, 0.05) is 25.3 Å². The quantitative estimate of drug-likeness (QED) is 0.390. The highest BCUT2D eigenvalue weighted by atomic mass is 16.6. The van der Waals surface area contributed by atoms with E-state index in [0.717, 1.165) is 0 Å². The number of para-hydroxylation sites is 1. The summed E-state index contributed by atoms with van der Waals surface area (Å²) in [7, 11) is 1.57. The number of rotatable bonds is 9. The third-order valence-corrected chi connectivity index (χ3v) is 2.67. The third kappa shape index (κ3) is 5.77. The second-order valence-electron chi connectivity index (χ2n) is 4.16. The fourth-order valence-corrected chi connectivity index (χ4v) is 1.68. The maximum absolute atomic E-state index is 11.4. The van der Waals surface area contributed by atoms with E-state index in [1.54, 1.807) is 25.3 Å². The molecule has 0 aliphatic heterocycles. The van der Waals surface area contributed by atoms with Gasteiger partial charge in [0.1, 0.15) is 0 Å². The monoisotopic (exact) mass is 281 g/mol. The number of amides is 1. The van der Waals surface area contributed by atoms with Crippen molar-refractivity contribution in [3.63, 3.8) is 0 Å². The zero-order valence-corrected chi connectivity index (χ0v) is 11.4. The first-order valence-corrected chi connectivity index (χ1v) is 6.33. The summed E-state index contributed by atoms with van der Waals surface area (Å²) in [6.07, 6.45) is 0.502. The molecule has 0 aliphatic carbocycles. The molecule has 7 nitrogen and oxygen atoms in total. The average Bonchev–Trinajstić information content (AvgIpc) is 2.44. The summed E-state index contributed by atoms with van der Waals surface area (Å²) in [5.41, 5.74) is 0.767. The molecule has 1 aromatic carbocycles. The highest BCUT2D eigenvalue weighted by Gasteiger charge is 2.11. The van der Waals surface area contributed by atoms with Crippen LogP contribution in [-0.2, 0) is 16.0 Å². The van der Waals surface area contributed by atoms with Gasteiger partial charge in [-0.15, -0.1) is 0 Å². The van der Waals surface area contributed by atoms with Crippen LogP contribution < -0.4 is 10.6 Å². The van der Waals surface area contributed by atoms with Crippen LogP contribution in [-0.4, -0.2) is 44.2 Å². The summed E-state index contributed by atoms with van der Waals surface area (Å²) in [5, 5.41) is 16.4. The van der Waals surface area contributed by atoms with Crippen LogP contribution in [0, 0.1) is 10.1 Å². The van der Waals surface area contributed by atoms with Crippen LogP contribution in [0.25, 0.3) is 0 Å². The predicted octanol–water partition coefficient (Wildman–Crippen LogP) is 0.490. The van der Waals surface area contributed by atoms with Gasteiger partial charge in [-0.2, -0.15) is 0 Å². The molecule has 7 heteroatoms. The summed E-state index contributed by atoms with van der Waals surface area (Å²) in [6, 6.07) is 6.60. The molecule has 1 amide bonds. The minimum atomic E-state index is -0.396. The lowest BCUT2D eigenvalue weighted by atomic mass is 10.1. The second-order valence-corrected chi connectivity index (χ2v) is 4.16. The van der Waals surface area contributed by atoms with E-state index < -0.39 is 4.92 Å². The highest BCUT2D eigenvalue weighted by molar-refractivity contribution is 5.77. The molecule has 0 bridgehead atoms. The maximum atomic E-state index is 11.4. The number of hydrogen-bond acceptors (Lipinski definition) is 5. The van der Waals surface area contributed by atoms with Crippen LogP contribution in [0.15, 0.2) is 24.3 Å². The van der Waals surface area contributed by atoms with Gasteiger partial charge in [-0.05, 0) is 13.0 Å². The molecule has 110 valence electrons. The minimum absolute atomic E-state index is 0.110. The van der Waals surface area contributed by atoms with E-state index in [0.29, 0.717) is 31.7 Å². The zero-order chi connectivity index (χ0) is 14.8. The van der Waals surface area contributed by atoms with Gasteiger partial charge >= 0.3 is 0 Å². The van der Waals surface area contributed by atoms with E-state index >= 15 is 0 Å². The fourth-order valence-electron chi connectivity index (χ4n) is 1.68. The Bertz CT molecular complexity index is 451. The summed E-state index contributed by atoms with van der Waals surface area (Å²) < 4.78 is 4.81. The smallest absolute Gasteiger partial charge is 0.272 e.